The number of anilines is 1. The summed E-state index contributed by atoms with van der Waals surface area (Å²) in [6.07, 6.45) is 1.46. The summed E-state index contributed by atoms with van der Waals surface area (Å²) in [5.41, 5.74) is 1.10. The Morgan fingerprint density at radius 2 is 1.88 bits per heavy atom. The van der Waals surface area contributed by atoms with Gasteiger partial charge in [-0.3, -0.25) is 24.1 Å². The SMILES string of the molecule is CCOc1cc(/C=C2\SC(=O)N(CC(=O)OC)C2=O)cc(Cl)c1OCC(=O)Nc1ccccc1. The third-order valence-corrected chi connectivity index (χ3v) is 5.61. The number of methoxy groups -OCH3 is 1. The highest BCUT2D eigenvalue weighted by Gasteiger charge is 2.36. The third-order valence-electron chi connectivity index (χ3n) is 4.42. The van der Waals surface area contributed by atoms with Crippen LogP contribution in [0.4, 0.5) is 10.5 Å². The van der Waals surface area contributed by atoms with Gasteiger partial charge < -0.3 is 19.5 Å². The number of rotatable bonds is 9. The molecule has 0 atom stereocenters. The molecular weight excluding hydrogens is 484 g/mol. The Labute approximate surface area is 205 Å². The van der Waals surface area contributed by atoms with Crippen molar-refractivity contribution in [3.05, 3.63) is 58.0 Å². The van der Waals surface area contributed by atoms with Crippen molar-refractivity contribution in [2.75, 3.05) is 32.2 Å². The predicted octanol–water partition coefficient (Wildman–Crippen LogP) is 3.97. The van der Waals surface area contributed by atoms with Gasteiger partial charge in [-0.25, -0.2) is 0 Å². The van der Waals surface area contributed by atoms with Crippen molar-refractivity contribution >= 4 is 58.1 Å². The van der Waals surface area contributed by atoms with E-state index in [4.69, 9.17) is 21.1 Å². The number of para-hydroxylation sites is 1. The van der Waals surface area contributed by atoms with Gasteiger partial charge in [0.25, 0.3) is 17.1 Å². The second-order valence-corrected chi connectivity index (χ2v) is 8.21. The number of halogens is 1. The summed E-state index contributed by atoms with van der Waals surface area (Å²) < 4.78 is 15.7. The van der Waals surface area contributed by atoms with Crippen molar-refractivity contribution in [3.8, 4) is 11.5 Å². The lowest BCUT2D eigenvalue weighted by Gasteiger charge is -2.14. The van der Waals surface area contributed by atoms with Gasteiger partial charge in [0.15, 0.2) is 18.1 Å². The molecule has 1 N–H and O–H groups in total. The minimum absolute atomic E-state index is 0.114. The first kappa shape index (κ1) is 25.1. The van der Waals surface area contributed by atoms with Gasteiger partial charge in [-0.15, -0.1) is 0 Å². The largest absolute Gasteiger partial charge is 0.490 e. The minimum Gasteiger partial charge on any atom is -0.490 e. The first-order valence-corrected chi connectivity index (χ1v) is 11.3. The van der Waals surface area contributed by atoms with Crippen LogP contribution in [0, 0.1) is 0 Å². The van der Waals surface area contributed by atoms with Gasteiger partial charge in [0.1, 0.15) is 6.54 Å². The van der Waals surface area contributed by atoms with E-state index >= 15 is 0 Å². The molecule has 0 spiro atoms. The maximum atomic E-state index is 12.5. The van der Waals surface area contributed by atoms with Crippen LogP contribution >= 0.6 is 23.4 Å². The lowest BCUT2D eigenvalue weighted by molar-refractivity contribution is -0.143. The number of esters is 1. The monoisotopic (exact) mass is 504 g/mol. The molecule has 3 amide bonds. The van der Waals surface area contributed by atoms with E-state index in [0.29, 0.717) is 29.6 Å². The molecular formula is C23H21ClN2O7S. The van der Waals surface area contributed by atoms with Crippen molar-refractivity contribution in [3.63, 3.8) is 0 Å². The molecule has 34 heavy (non-hydrogen) atoms. The first-order valence-electron chi connectivity index (χ1n) is 10.1. The van der Waals surface area contributed by atoms with Crippen LogP contribution in [-0.4, -0.2) is 54.8 Å². The van der Waals surface area contributed by atoms with Crippen molar-refractivity contribution in [2.45, 2.75) is 6.92 Å². The van der Waals surface area contributed by atoms with Crippen LogP contribution in [-0.2, 0) is 19.1 Å². The van der Waals surface area contributed by atoms with Gasteiger partial charge in [-0.2, -0.15) is 0 Å². The molecule has 11 heteroatoms. The van der Waals surface area contributed by atoms with Crippen molar-refractivity contribution < 1.29 is 33.4 Å². The summed E-state index contributed by atoms with van der Waals surface area (Å²) in [6.45, 7) is 1.29. The number of carbonyl (C=O) groups excluding carboxylic acids is 4. The average Bonchev–Trinajstić information content (AvgIpc) is 3.06. The van der Waals surface area contributed by atoms with Crippen LogP contribution in [0.2, 0.25) is 5.02 Å². The molecule has 1 aliphatic heterocycles. The van der Waals surface area contributed by atoms with E-state index in [1.807, 2.05) is 6.07 Å². The molecule has 1 aliphatic rings. The highest BCUT2D eigenvalue weighted by molar-refractivity contribution is 8.18. The Kier molecular flexibility index (Phi) is 8.55. The van der Waals surface area contributed by atoms with Gasteiger partial charge in [0, 0.05) is 5.69 Å². The van der Waals surface area contributed by atoms with Gasteiger partial charge in [0.2, 0.25) is 0 Å². The van der Waals surface area contributed by atoms with Crippen LogP contribution in [0.25, 0.3) is 6.08 Å². The lowest BCUT2D eigenvalue weighted by Crippen LogP contribution is -2.34. The summed E-state index contributed by atoms with van der Waals surface area (Å²) >= 11 is 7.08. The molecule has 0 aromatic heterocycles. The summed E-state index contributed by atoms with van der Waals surface area (Å²) in [5, 5.41) is 2.28. The Hall–Kier alpha value is -3.50. The minimum atomic E-state index is -0.706. The zero-order valence-electron chi connectivity index (χ0n) is 18.3. The van der Waals surface area contributed by atoms with Crippen LogP contribution in [0.15, 0.2) is 47.4 Å². The van der Waals surface area contributed by atoms with Crippen molar-refractivity contribution in [1.82, 2.24) is 4.90 Å². The molecule has 0 aliphatic carbocycles. The zero-order chi connectivity index (χ0) is 24.7. The fourth-order valence-electron chi connectivity index (χ4n) is 2.91. The Morgan fingerprint density at radius 3 is 2.56 bits per heavy atom. The number of hydrogen-bond acceptors (Lipinski definition) is 8. The molecule has 0 saturated carbocycles. The molecule has 178 valence electrons. The summed E-state index contributed by atoms with van der Waals surface area (Å²) in [5.74, 6) is -1.27. The third kappa shape index (κ3) is 6.30. The van der Waals surface area contributed by atoms with Crippen LogP contribution in [0.1, 0.15) is 12.5 Å². The molecule has 1 saturated heterocycles. The van der Waals surface area contributed by atoms with Gasteiger partial charge in [-0.1, -0.05) is 29.8 Å². The Balaban J connectivity index is 1.77. The van der Waals surface area contributed by atoms with Crippen molar-refractivity contribution in [2.24, 2.45) is 0 Å². The number of imide groups is 1. The van der Waals surface area contributed by atoms with E-state index in [2.05, 4.69) is 10.1 Å². The second kappa shape index (κ2) is 11.6. The van der Waals surface area contributed by atoms with Crippen molar-refractivity contribution in [1.29, 1.82) is 0 Å². The molecule has 0 unspecified atom stereocenters. The first-order chi connectivity index (χ1) is 16.3. The smallest absolute Gasteiger partial charge is 0.325 e. The Bertz CT molecular complexity index is 1140. The quantitative estimate of drug-likeness (QED) is 0.403. The average molecular weight is 505 g/mol. The normalized spacial score (nSPS) is 14.3. The maximum absolute atomic E-state index is 12.5. The molecule has 0 bridgehead atoms. The number of hydrogen-bond donors (Lipinski definition) is 1. The number of benzene rings is 2. The number of thioether (sulfide) groups is 1. The van der Waals surface area contributed by atoms with E-state index in [1.165, 1.54) is 19.3 Å². The topological polar surface area (TPSA) is 111 Å². The number of carbonyl (C=O) groups is 4. The lowest BCUT2D eigenvalue weighted by atomic mass is 10.1. The molecule has 2 aromatic rings. The fraction of sp³-hybridized carbons (Fsp3) is 0.217. The molecule has 1 fully saturated rings. The number of amides is 3. The highest BCUT2D eigenvalue weighted by atomic mass is 35.5. The fourth-order valence-corrected chi connectivity index (χ4v) is 4.02. The van der Waals surface area contributed by atoms with Gasteiger partial charge in [-0.05, 0) is 54.6 Å². The van der Waals surface area contributed by atoms with E-state index in [-0.39, 0.29) is 33.9 Å². The molecule has 0 radical (unpaired) electrons. The number of nitrogens with one attached hydrogen (secondary N) is 1. The molecule has 2 aromatic carbocycles. The van der Waals surface area contributed by atoms with Gasteiger partial charge in [0.05, 0.1) is 23.6 Å². The molecule has 3 rings (SSSR count). The number of ether oxygens (including phenoxy) is 3. The second-order valence-electron chi connectivity index (χ2n) is 6.81. The molecule has 9 nitrogen and oxygen atoms in total. The van der Waals surface area contributed by atoms with Crippen LogP contribution < -0.4 is 14.8 Å². The molecule has 1 heterocycles. The van der Waals surface area contributed by atoms with E-state index in [0.717, 1.165) is 4.90 Å². The van der Waals surface area contributed by atoms with Crippen LogP contribution in [0.3, 0.4) is 0 Å². The van der Waals surface area contributed by atoms with E-state index in [9.17, 15) is 19.2 Å². The maximum Gasteiger partial charge on any atom is 0.325 e. The van der Waals surface area contributed by atoms with E-state index in [1.54, 1.807) is 37.3 Å². The van der Waals surface area contributed by atoms with E-state index < -0.39 is 23.7 Å². The standard InChI is InChI=1S/C23H21ClN2O7S/c1-3-32-17-10-14(11-18-22(29)26(23(30)34-18)12-20(28)31-2)9-16(24)21(17)33-13-19(27)25-15-7-5-4-6-8-15/h4-11H,3,12-13H2,1-2H3,(H,25,27)/b18-11-. The summed E-state index contributed by atoms with van der Waals surface area (Å²) in [7, 11) is 1.17. The van der Waals surface area contributed by atoms with Crippen LogP contribution in [0.5, 0.6) is 11.5 Å². The summed E-state index contributed by atoms with van der Waals surface area (Å²) in [6, 6.07) is 12.0. The number of nitrogens with zero attached hydrogens (tertiary/aromatic N) is 1. The Morgan fingerprint density at radius 1 is 1.15 bits per heavy atom. The van der Waals surface area contributed by atoms with Gasteiger partial charge >= 0.3 is 5.97 Å². The summed E-state index contributed by atoms with van der Waals surface area (Å²) in [4.78, 5) is 49.3. The highest BCUT2D eigenvalue weighted by Crippen LogP contribution is 2.39. The predicted molar refractivity (Wildman–Crippen MR) is 128 cm³/mol. The zero-order valence-corrected chi connectivity index (χ0v) is 19.9.